The Morgan fingerprint density at radius 1 is 1.21 bits per heavy atom. The zero-order valence-electron chi connectivity index (χ0n) is 11.3. The van der Waals surface area contributed by atoms with Gasteiger partial charge in [-0.15, -0.1) is 0 Å². The van der Waals surface area contributed by atoms with Gasteiger partial charge in [0.2, 0.25) is 0 Å². The number of nitriles is 1. The van der Waals surface area contributed by atoms with Crippen LogP contribution in [0.4, 0.5) is 5.82 Å². The van der Waals surface area contributed by atoms with Gasteiger partial charge in [-0.25, -0.2) is 4.98 Å². The molecule has 0 spiro atoms. The monoisotopic (exact) mass is 251 g/mol. The number of benzene rings is 1. The van der Waals surface area contributed by atoms with E-state index in [0.717, 1.165) is 29.8 Å². The van der Waals surface area contributed by atoms with Crippen molar-refractivity contribution in [2.75, 3.05) is 18.0 Å². The van der Waals surface area contributed by atoms with Crippen molar-refractivity contribution in [3.05, 3.63) is 35.9 Å². The molecule has 1 saturated heterocycles. The highest BCUT2D eigenvalue weighted by Gasteiger charge is 2.27. The fourth-order valence-corrected chi connectivity index (χ4v) is 2.73. The van der Waals surface area contributed by atoms with E-state index >= 15 is 0 Å². The lowest BCUT2D eigenvalue weighted by atomic mass is 10.0. The van der Waals surface area contributed by atoms with Gasteiger partial charge in [0.15, 0.2) is 0 Å². The van der Waals surface area contributed by atoms with Gasteiger partial charge in [0, 0.05) is 18.5 Å². The van der Waals surface area contributed by atoms with Crippen LogP contribution in [0.15, 0.2) is 30.3 Å². The maximum atomic E-state index is 9.31. The molecule has 0 N–H and O–H groups in total. The summed E-state index contributed by atoms with van der Waals surface area (Å²) >= 11 is 0. The fraction of sp³-hybridized carbons (Fsp3) is 0.375. The number of aromatic nitrogens is 1. The molecule has 1 aromatic heterocycles. The van der Waals surface area contributed by atoms with E-state index in [-0.39, 0.29) is 0 Å². The van der Waals surface area contributed by atoms with Crippen LogP contribution >= 0.6 is 0 Å². The molecule has 0 radical (unpaired) electrons. The minimum absolute atomic E-state index is 0.679. The summed E-state index contributed by atoms with van der Waals surface area (Å²) in [4.78, 5) is 7.00. The molecular weight excluding hydrogens is 234 g/mol. The van der Waals surface area contributed by atoms with Gasteiger partial charge in [-0.1, -0.05) is 32.0 Å². The third kappa shape index (κ3) is 2.04. The number of para-hydroxylation sites is 1. The van der Waals surface area contributed by atoms with Crippen LogP contribution in [-0.4, -0.2) is 18.1 Å². The van der Waals surface area contributed by atoms with Gasteiger partial charge in [0.1, 0.15) is 5.82 Å². The van der Waals surface area contributed by atoms with Crippen LogP contribution in [0.1, 0.15) is 19.4 Å². The summed E-state index contributed by atoms with van der Waals surface area (Å²) in [6, 6.07) is 12.1. The molecule has 1 aliphatic rings. The molecule has 1 fully saturated rings. The zero-order valence-corrected chi connectivity index (χ0v) is 11.3. The van der Waals surface area contributed by atoms with Gasteiger partial charge in [-0.2, -0.15) is 5.26 Å². The van der Waals surface area contributed by atoms with Crippen LogP contribution in [0, 0.1) is 23.2 Å². The van der Waals surface area contributed by atoms with Crippen molar-refractivity contribution in [2.45, 2.75) is 13.8 Å². The second-order valence-corrected chi connectivity index (χ2v) is 5.52. The van der Waals surface area contributed by atoms with Crippen LogP contribution in [0.5, 0.6) is 0 Å². The van der Waals surface area contributed by atoms with E-state index in [1.165, 1.54) is 0 Å². The van der Waals surface area contributed by atoms with Crippen molar-refractivity contribution < 1.29 is 0 Å². The van der Waals surface area contributed by atoms with E-state index < -0.39 is 0 Å². The van der Waals surface area contributed by atoms with Gasteiger partial charge in [0.25, 0.3) is 0 Å². The van der Waals surface area contributed by atoms with Crippen molar-refractivity contribution in [3.63, 3.8) is 0 Å². The smallest absolute Gasteiger partial charge is 0.130 e. The largest absolute Gasteiger partial charge is 0.356 e. The molecule has 0 aliphatic carbocycles. The molecule has 2 atom stereocenters. The predicted molar refractivity (Wildman–Crippen MR) is 77.0 cm³/mol. The molecule has 1 aliphatic heterocycles. The summed E-state index contributed by atoms with van der Waals surface area (Å²) in [5.74, 6) is 2.30. The van der Waals surface area contributed by atoms with Crippen LogP contribution in [0.2, 0.25) is 0 Å². The van der Waals surface area contributed by atoms with Crippen molar-refractivity contribution in [2.24, 2.45) is 11.8 Å². The first-order valence-corrected chi connectivity index (χ1v) is 6.74. The highest BCUT2D eigenvalue weighted by atomic mass is 15.2. The third-order valence-corrected chi connectivity index (χ3v) is 4.14. The fourth-order valence-electron chi connectivity index (χ4n) is 2.73. The number of rotatable bonds is 1. The lowest BCUT2D eigenvalue weighted by Crippen LogP contribution is -2.20. The Bertz CT molecular complexity index is 647. The lowest BCUT2D eigenvalue weighted by molar-refractivity contribution is 0.494. The molecule has 3 heteroatoms. The standard InChI is InChI=1S/C16H17N3/c1-11-9-19(10-12(11)2)16-7-13(8-17)14-5-3-4-6-15(14)18-16/h3-7,11-12H,9-10H2,1-2H3. The first-order valence-electron chi connectivity index (χ1n) is 6.74. The summed E-state index contributed by atoms with van der Waals surface area (Å²) in [6.45, 7) is 6.60. The van der Waals surface area contributed by atoms with Gasteiger partial charge in [-0.05, 0) is 24.0 Å². The average Bonchev–Trinajstić information content (AvgIpc) is 2.77. The SMILES string of the molecule is CC1CN(c2cc(C#N)c3ccccc3n2)CC1C. The molecular formula is C16H17N3. The highest BCUT2D eigenvalue weighted by Crippen LogP contribution is 2.29. The van der Waals surface area contributed by atoms with E-state index in [9.17, 15) is 5.26 Å². The Balaban J connectivity index is 2.08. The summed E-state index contributed by atoms with van der Waals surface area (Å²) in [7, 11) is 0. The Labute approximate surface area is 113 Å². The van der Waals surface area contributed by atoms with Crippen molar-refractivity contribution in [3.8, 4) is 6.07 Å². The van der Waals surface area contributed by atoms with Gasteiger partial charge < -0.3 is 4.90 Å². The van der Waals surface area contributed by atoms with Crippen molar-refractivity contribution in [1.29, 1.82) is 5.26 Å². The number of fused-ring (bicyclic) bond motifs is 1. The van der Waals surface area contributed by atoms with E-state index in [1.807, 2.05) is 30.3 Å². The van der Waals surface area contributed by atoms with Crippen LogP contribution in [0.25, 0.3) is 10.9 Å². The first kappa shape index (κ1) is 12.0. The molecule has 2 aromatic rings. The molecule has 96 valence electrons. The molecule has 2 unspecified atom stereocenters. The van der Waals surface area contributed by atoms with E-state index in [1.54, 1.807) is 0 Å². The number of nitrogens with zero attached hydrogens (tertiary/aromatic N) is 3. The molecule has 3 nitrogen and oxygen atoms in total. The maximum Gasteiger partial charge on any atom is 0.130 e. The van der Waals surface area contributed by atoms with E-state index in [2.05, 4.69) is 24.8 Å². The first-order chi connectivity index (χ1) is 9.19. The quantitative estimate of drug-likeness (QED) is 0.781. The summed E-state index contributed by atoms with van der Waals surface area (Å²) in [5, 5.41) is 10.2. The second kappa shape index (κ2) is 4.55. The molecule has 19 heavy (non-hydrogen) atoms. The highest BCUT2D eigenvalue weighted by molar-refractivity contribution is 5.86. The van der Waals surface area contributed by atoms with E-state index in [0.29, 0.717) is 17.4 Å². The molecule has 0 saturated carbocycles. The minimum atomic E-state index is 0.679. The Kier molecular flexibility index (Phi) is 2.87. The van der Waals surface area contributed by atoms with Crippen LogP contribution in [0.3, 0.4) is 0 Å². The third-order valence-electron chi connectivity index (χ3n) is 4.14. The molecule has 3 rings (SSSR count). The molecule has 2 heterocycles. The number of anilines is 1. The lowest BCUT2D eigenvalue weighted by Gasteiger charge is -2.18. The summed E-state index contributed by atoms with van der Waals surface area (Å²) < 4.78 is 0. The summed E-state index contributed by atoms with van der Waals surface area (Å²) in [6.07, 6.45) is 0. The molecule has 1 aromatic carbocycles. The Morgan fingerprint density at radius 3 is 2.58 bits per heavy atom. The summed E-state index contributed by atoms with van der Waals surface area (Å²) in [5.41, 5.74) is 1.62. The Morgan fingerprint density at radius 2 is 1.89 bits per heavy atom. The number of hydrogen-bond donors (Lipinski definition) is 0. The Hall–Kier alpha value is -2.08. The number of hydrogen-bond acceptors (Lipinski definition) is 3. The number of pyridine rings is 1. The van der Waals surface area contributed by atoms with Crippen LogP contribution in [-0.2, 0) is 0 Å². The van der Waals surface area contributed by atoms with Crippen molar-refractivity contribution >= 4 is 16.7 Å². The van der Waals surface area contributed by atoms with E-state index in [4.69, 9.17) is 4.98 Å². The van der Waals surface area contributed by atoms with Gasteiger partial charge in [-0.3, -0.25) is 0 Å². The minimum Gasteiger partial charge on any atom is -0.356 e. The van der Waals surface area contributed by atoms with Gasteiger partial charge in [0.05, 0.1) is 17.1 Å². The molecule has 0 bridgehead atoms. The van der Waals surface area contributed by atoms with Crippen LogP contribution < -0.4 is 4.90 Å². The zero-order chi connectivity index (χ0) is 13.4. The molecule has 0 amide bonds. The predicted octanol–water partition coefficient (Wildman–Crippen LogP) is 3.20. The van der Waals surface area contributed by atoms with Crippen molar-refractivity contribution in [1.82, 2.24) is 4.98 Å². The maximum absolute atomic E-state index is 9.31. The average molecular weight is 251 g/mol. The second-order valence-electron chi connectivity index (χ2n) is 5.52. The normalized spacial score (nSPS) is 22.7. The topological polar surface area (TPSA) is 39.9 Å². The van der Waals surface area contributed by atoms with Gasteiger partial charge >= 0.3 is 0 Å².